The fourth-order valence-corrected chi connectivity index (χ4v) is 5.86. The van der Waals surface area contributed by atoms with Gasteiger partial charge in [-0.1, -0.05) is 86.1 Å². The van der Waals surface area contributed by atoms with E-state index in [2.05, 4.69) is 82.6 Å². The van der Waals surface area contributed by atoms with Crippen LogP contribution in [-0.2, 0) is 0 Å². The zero-order valence-corrected chi connectivity index (χ0v) is 22.2. The fourth-order valence-electron chi connectivity index (χ4n) is 5.25. The third-order valence-electron chi connectivity index (χ3n) is 6.70. The number of hydrogen-bond donors (Lipinski definition) is 1. The molecule has 5 rings (SSSR count). The van der Waals surface area contributed by atoms with Crippen LogP contribution in [0.4, 0.5) is 5.82 Å². The molecule has 0 radical (unpaired) electrons. The zero-order chi connectivity index (χ0) is 25.2. The van der Waals surface area contributed by atoms with Crippen molar-refractivity contribution in [2.75, 3.05) is 11.9 Å². The summed E-state index contributed by atoms with van der Waals surface area (Å²) in [6.07, 6.45) is 0. The van der Waals surface area contributed by atoms with Gasteiger partial charge in [-0.15, -0.1) is 0 Å². The third-order valence-corrected chi connectivity index (χ3v) is 7.23. The molecule has 36 heavy (non-hydrogen) atoms. The second-order valence-corrected chi connectivity index (χ2v) is 10.6. The van der Waals surface area contributed by atoms with Crippen LogP contribution in [0.15, 0.2) is 72.8 Å². The molecule has 184 valence electrons. The molecule has 0 amide bonds. The van der Waals surface area contributed by atoms with E-state index >= 15 is 0 Å². The van der Waals surface area contributed by atoms with Crippen LogP contribution < -0.4 is 5.32 Å². The predicted molar refractivity (Wildman–Crippen MR) is 146 cm³/mol. The van der Waals surface area contributed by atoms with E-state index in [1.807, 2.05) is 24.3 Å². The highest BCUT2D eigenvalue weighted by atomic mass is 35.5. The van der Waals surface area contributed by atoms with Gasteiger partial charge in [0.2, 0.25) is 10.6 Å². The van der Waals surface area contributed by atoms with Gasteiger partial charge < -0.3 is 5.32 Å². The number of halogens is 3. The molecule has 8 heteroatoms. The van der Waals surface area contributed by atoms with Crippen molar-refractivity contribution in [3.63, 3.8) is 0 Å². The van der Waals surface area contributed by atoms with Gasteiger partial charge in [0, 0.05) is 36.3 Å². The number of nitrogens with zero attached hydrogens (tertiary/aromatic N) is 4. The first-order valence-corrected chi connectivity index (χ1v) is 13.1. The molecule has 0 saturated heterocycles. The van der Waals surface area contributed by atoms with Crippen LogP contribution in [0.2, 0.25) is 15.7 Å². The molecule has 1 fully saturated rings. The predicted octanol–water partition coefficient (Wildman–Crippen LogP) is 7.74. The second kappa shape index (κ2) is 10.7. The maximum atomic E-state index is 6.46. The highest BCUT2D eigenvalue weighted by Crippen LogP contribution is 2.66. The van der Waals surface area contributed by atoms with E-state index in [4.69, 9.17) is 39.8 Å². The Labute approximate surface area is 226 Å². The van der Waals surface area contributed by atoms with Crippen LogP contribution in [0.3, 0.4) is 0 Å². The summed E-state index contributed by atoms with van der Waals surface area (Å²) in [7, 11) is 0. The molecule has 2 aromatic carbocycles. The Morgan fingerprint density at radius 3 is 1.67 bits per heavy atom. The summed E-state index contributed by atoms with van der Waals surface area (Å²) < 4.78 is 0. The quantitative estimate of drug-likeness (QED) is 0.192. The van der Waals surface area contributed by atoms with Crippen molar-refractivity contribution in [2.45, 2.75) is 37.5 Å². The molecule has 1 aliphatic carbocycles. The second-order valence-electron chi connectivity index (χ2n) is 9.53. The van der Waals surface area contributed by atoms with Crippen LogP contribution in [0.1, 0.15) is 60.0 Å². The van der Waals surface area contributed by atoms with Gasteiger partial charge in [0.05, 0.1) is 11.4 Å². The van der Waals surface area contributed by atoms with Crippen molar-refractivity contribution in [3.8, 4) is 0 Å². The lowest BCUT2D eigenvalue weighted by molar-refractivity contribution is 0.220. The molecule has 1 aliphatic rings. The Hall–Kier alpha value is -2.73. The first-order valence-electron chi connectivity index (χ1n) is 12.0. The van der Waals surface area contributed by atoms with E-state index in [0.717, 1.165) is 23.8 Å². The van der Waals surface area contributed by atoms with Crippen LogP contribution in [0.5, 0.6) is 0 Å². The first-order chi connectivity index (χ1) is 17.4. The molecule has 1 N–H and O–H groups in total. The molecule has 0 bridgehead atoms. The molecule has 2 atom stereocenters. The van der Waals surface area contributed by atoms with Gasteiger partial charge in [-0.2, -0.15) is 0 Å². The summed E-state index contributed by atoms with van der Waals surface area (Å²) in [5.41, 5.74) is 4.10. The molecule has 2 heterocycles. The van der Waals surface area contributed by atoms with Crippen molar-refractivity contribution in [1.82, 2.24) is 19.9 Å². The first kappa shape index (κ1) is 24.9. The lowest BCUT2D eigenvalue weighted by Gasteiger charge is -2.52. The summed E-state index contributed by atoms with van der Waals surface area (Å²) in [6, 6.07) is 24.7. The maximum absolute atomic E-state index is 6.46. The summed E-state index contributed by atoms with van der Waals surface area (Å²) in [5, 5.41) is 4.11. The standard InChI is InChI=1S/C28H26Cl3N5/c1-16(2)15-32-22-14-20(34-28(31)36-22)26-23(17-9-5-3-6-10-17)25(19-13-21(29)35-27(30)33-19)24(26)18-11-7-4-8-12-18/h3-14,16,23-26H,15H2,1-2H3,(H,32,34,36)/t23-,24-,25-,26-/m1/s1. The van der Waals surface area contributed by atoms with Gasteiger partial charge in [-0.05, 0) is 46.3 Å². The van der Waals surface area contributed by atoms with Crippen molar-refractivity contribution < 1.29 is 0 Å². The minimum absolute atomic E-state index is 0.0126. The van der Waals surface area contributed by atoms with Crippen LogP contribution in [0.25, 0.3) is 0 Å². The molecule has 0 aliphatic heterocycles. The van der Waals surface area contributed by atoms with E-state index in [-0.39, 0.29) is 34.2 Å². The van der Waals surface area contributed by atoms with Crippen LogP contribution in [-0.4, -0.2) is 26.5 Å². The summed E-state index contributed by atoms with van der Waals surface area (Å²) in [4.78, 5) is 17.9. The summed E-state index contributed by atoms with van der Waals surface area (Å²) >= 11 is 19.1. The molecule has 1 saturated carbocycles. The third kappa shape index (κ3) is 5.19. The van der Waals surface area contributed by atoms with Gasteiger partial charge in [0.25, 0.3) is 0 Å². The molecule has 0 spiro atoms. The van der Waals surface area contributed by atoms with Crippen molar-refractivity contribution in [2.24, 2.45) is 5.92 Å². The highest BCUT2D eigenvalue weighted by molar-refractivity contribution is 6.31. The normalized spacial score (nSPS) is 21.3. The number of rotatable bonds is 7. The molecule has 2 aromatic heterocycles. The molecule has 4 aromatic rings. The van der Waals surface area contributed by atoms with Crippen LogP contribution >= 0.6 is 34.8 Å². The lowest BCUT2D eigenvalue weighted by atomic mass is 9.50. The van der Waals surface area contributed by atoms with E-state index in [1.165, 1.54) is 11.1 Å². The molecule has 0 unspecified atom stereocenters. The summed E-state index contributed by atoms with van der Waals surface area (Å²) in [6.45, 7) is 5.10. The largest absolute Gasteiger partial charge is 0.370 e. The summed E-state index contributed by atoms with van der Waals surface area (Å²) in [5.74, 6) is 1.39. The monoisotopic (exact) mass is 537 g/mol. The van der Waals surface area contributed by atoms with Gasteiger partial charge in [0.15, 0.2) is 0 Å². The average molecular weight is 539 g/mol. The smallest absolute Gasteiger partial charge is 0.224 e. The van der Waals surface area contributed by atoms with E-state index in [0.29, 0.717) is 11.1 Å². The van der Waals surface area contributed by atoms with Crippen molar-refractivity contribution in [3.05, 3.63) is 111 Å². The Bertz CT molecular complexity index is 1270. The van der Waals surface area contributed by atoms with E-state index in [1.54, 1.807) is 0 Å². The minimum Gasteiger partial charge on any atom is -0.370 e. The Kier molecular flexibility index (Phi) is 7.42. The SMILES string of the molecule is CC(C)CNc1cc([C@H]2[C@H](c3ccccc3)[C@H](c3cc(Cl)nc(Cl)n3)[C@H]2c2ccccc2)nc(Cl)n1. The number of nitrogens with one attached hydrogen (secondary N) is 1. The van der Waals surface area contributed by atoms with Gasteiger partial charge in [-0.25, -0.2) is 19.9 Å². The molecular weight excluding hydrogens is 513 g/mol. The number of hydrogen-bond acceptors (Lipinski definition) is 5. The van der Waals surface area contributed by atoms with Crippen molar-refractivity contribution in [1.29, 1.82) is 0 Å². The van der Waals surface area contributed by atoms with Gasteiger partial charge in [-0.3, -0.25) is 0 Å². The Balaban J connectivity index is 1.66. The highest BCUT2D eigenvalue weighted by Gasteiger charge is 2.54. The van der Waals surface area contributed by atoms with Gasteiger partial charge in [0.1, 0.15) is 11.0 Å². The Morgan fingerprint density at radius 2 is 1.17 bits per heavy atom. The fraction of sp³-hybridized carbons (Fsp3) is 0.286. The van der Waals surface area contributed by atoms with Crippen molar-refractivity contribution >= 4 is 40.6 Å². The Morgan fingerprint density at radius 1 is 0.667 bits per heavy atom. The maximum Gasteiger partial charge on any atom is 0.224 e. The number of anilines is 1. The van der Waals surface area contributed by atoms with E-state index < -0.39 is 0 Å². The van der Waals surface area contributed by atoms with Crippen LogP contribution in [0, 0.1) is 5.92 Å². The number of aromatic nitrogens is 4. The van der Waals surface area contributed by atoms with Gasteiger partial charge >= 0.3 is 0 Å². The minimum atomic E-state index is 0.0126. The molecular formula is C28H26Cl3N5. The molecule has 5 nitrogen and oxygen atoms in total. The van der Waals surface area contributed by atoms with E-state index in [9.17, 15) is 0 Å². The topological polar surface area (TPSA) is 63.6 Å². The lowest BCUT2D eigenvalue weighted by Crippen LogP contribution is -2.41. The number of benzene rings is 2. The zero-order valence-electron chi connectivity index (χ0n) is 19.9. The average Bonchev–Trinajstić information content (AvgIpc) is 2.83.